The van der Waals surface area contributed by atoms with Gasteiger partial charge in [0, 0.05) is 38.6 Å². The van der Waals surface area contributed by atoms with Crippen LogP contribution in [-0.4, -0.2) is 88.3 Å². The lowest BCUT2D eigenvalue weighted by atomic mass is 9.80. The summed E-state index contributed by atoms with van der Waals surface area (Å²) in [5, 5.41) is 0. The van der Waals surface area contributed by atoms with Gasteiger partial charge in [-0.2, -0.15) is 9.97 Å². The third-order valence-corrected chi connectivity index (χ3v) is 8.21. The largest absolute Gasteiger partial charge is 0.469 e. The Kier molecular flexibility index (Phi) is 10.0. The van der Waals surface area contributed by atoms with Crippen molar-refractivity contribution in [2.75, 3.05) is 52.7 Å². The molecule has 0 radical (unpaired) electrons. The van der Waals surface area contributed by atoms with Crippen molar-refractivity contribution in [3.05, 3.63) is 10.5 Å². The molecule has 11 nitrogen and oxygen atoms in total. The second kappa shape index (κ2) is 13.4. The van der Waals surface area contributed by atoms with E-state index in [1.54, 1.807) is 4.57 Å². The zero-order valence-corrected chi connectivity index (χ0v) is 23.3. The molecule has 3 N–H and O–H groups in total. The second-order valence-corrected chi connectivity index (χ2v) is 11.1. The number of ether oxygens (including phenoxy) is 2. The number of likely N-dealkylation sites (N-methyl/N-ethyl adjacent to an activating group) is 1. The summed E-state index contributed by atoms with van der Waals surface area (Å²) in [6, 6.07) is 0.749. The Morgan fingerprint density at radius 3 is 2.61 bits per heavy atom. The van der Waals surface area contributed by atoms with E-state index in [9.17, 15) is 9.59 Å². The second-order valence-electron chi connectivity index (χ2n) is 11.1. The predicted octanol–water partition coefficient (Wildman–Crippen LogP) is 2.65. The number of fused-ring (bicyclic) bond motifs is 1. The number of aromatic amines is 1. The van der Waals surface area contributed by atoms with Gasteiger partial charge in [-0.25, -0.2) is 4.79 Å². The molecule has 3 heterocycles. The first-order valence-corrected chi connectivity index (χ1v) is 14.3. The van der Waals surface area contributed by atoms with Crippen LogP contribution in [-0.2, 0) is 16.1 Å². The van der Waals surface area contributed by atoms with Crippen LogP contribution >= 0.6 is 0 Å². The summed E-state index contributed by atoms with van der Waals surface area (Å²) in [7, 11) is 3.66. The average Bonchev–Trinajstić information content (AvgIpc) is 3.47. The van der Waals surface area contributed by atoms with Crippen LogP contribution in [0.3, 0.4) is 0 Å². The van der Waals surface area contributed by atoms with Crippen molar-refractivity contribution >= 4 is 23.0 Å². The lowest BCUT2D eigenvalue weighted by Gasteiger charge is -2.35. The van der Waals surface area contributed by atoms with Gasteiger partial charge in [0.05, 0.1) is 13.7 Å². The highest BCUT2D eigenvalue weighted by Crippen LogP contribution is 2.32. The number of hydrogen-bond acceptors (Lipinski definition) is 9. The molecule has 0 aromatic carbocycles. The van der Waals surface area contributed by atoms with E-state index in [4.69, 9.17) is 15.2 Å². The van der Waals surface area contributed by atoms with E-state index in [-0.39, 0.29) is 23.5 Å². The Morgan fingerprint density at radius 1 is 1.16 bits per heavy atom. The van der Waals surface area contributed by atoms with E-state index in [0.717, 1.165) is 71.1 Å². The van der Waals surface area contributed by atoms with Crippen LogP contribution in [0.5, 0.6) is 6.01 Å². The summed E-state index contributed by atoms with van der Waals surface area (Å²) >= 11 is 0. The van der Waals surface area contributed by atoms with Crippen LogP contribution in [0.2, 0.25) is 0 Å². The Bertz CT molecular complexity index is 1110. The molecule has 0 spiro atoms. The molecule has 4 rings (SSSR count). The molecule has 212 valence electrons. The fraction of sp³-hybridized carbons (Fsp3) is 0.778. The number of unbranched alkanes of at least 4 members (excludes halogenated alkanes) is 1. The molecule has 1 aliphatic heterocycles. The van der Waals surface area contributed by atoms with Gasteiger partial charge in [-0.3, -0.25) is 14.3 Å². The molecule has 2 aromatic rings. The van der Waals surface area contributed by atoms with Gasteiger partial charge in [-0.15, -0.1) is 0 Å². The number of carbonyl (C=O) groups is 1. The number of hydrogen-bond donors (Lipinski definition) is 2. The van der Waals surface area contributed by atoms with Crippen LogP contribution < -0.4 is 16.2 Å². The topological polar surface area (TPSA) is 132 Å². The highest BCUT2D eigenvalue weighted by Gasteiger charge is 2.30. The van der Waals surface area contributed by atoms with Gasteiger partial charge < -0.3 is 25.1 Å². The van der Waals surface area contributed by atoms with E-state index in [1.165, 1.54) is 13.5 Å². The molecule has 1 atom stereocenters. The SMILES string of the molecule is CCCCOc1nc(N)c2[nH]c(=O)n(CCCN(CC3CCC(CC(=O)OC)CC3)[C@@H]3CCN(C)C3)c2n1. The smallest absolute Gasteiger partial charge is 0.327 e. The van der Waals surface area contributed by atoms with Gasteiger partial charge in [0.1, 0.15) is 5.52 Å². The molecular formula is C27H45N7O4. The predicted molar refractivity (Wildman–Crippen MR) is 147 cm³/mol. The fourth-order valence-corrected chi connectivity index (χ4v) is 5.94. The lowest BCUT2D eigenvalue weighted by molar-refractivity contribution is -0.142. The Hall–Kier alpha value is -2.66. The zero-order valence-electron chi connectivity index (χ0n) is 23.3. The lowest BCUT2D eigenvalue weighted by Crippen LogP contribution is -2.42. The number of nitrogens with zero attached hydrogens (tertiary/aromatic N) is 5. The monoisotopic (exact) mass is 531 g/mol. The molecule has 38 heavy (non-hydrogen) atoms. The first-order chi connectivity index (χ1) is 18.4. The quantitative estimate of drug-likeness (QED) is 0.296. The van der Waals surface area contributed by atoms with Gasteiger partial charge >= 0.3 is 17.7 Å². The highest BCUT2D eigenvalue weighted by atomic mass is 16.5. The molecule has 2 aromatic heterocycles. The Morgan fingerprint density at radius 2 is 1.92 bits per heavy atom. The summed E-state index contributed by atoms with van der Waals surface area (Å²) in [4.78, 5) is 41.0. The number of carbonyl (C=O) groups excluding carboxylic acids is 1. The fourth-order valence-electron chi connectivity index (χ4n) is 5.94. The molecule has 0 bridgehead atoms. The van der Waals surface area contributed by atoms with Gasteiger partial charge in [0.25, 0.3) is 0 Å². The summed E-state index contributed by atoms with van der Waals surface area (Å²) in [6.45, 7) is 7.34. The van der Waals surface area contributed by atoms with Crippen LogP contribution in [0.1, 0.15) is 64.7 Å². The maximum Gasteiger partial charge on any atom is 0.327 e. The van der Waals surface area contributed by atoms with Gasteiger partial charge in [0.2, 0.25) is 0 Å². The van der Waals surface area contributed by atoms with E-state index < -0.39 is 0 Å². The maximum atomic E-state index is 12.8. The minimum Gasteiger partial charge on any atom is -0.469 e. The number of nitrogen functional groups attached to an aromatic ring is 1. The molecule has 1 saturated carbocycles. The molecular weight excluding hydrogens is 486 g/mol. The van der Waals surface area contributed by atoms with Crippen molar-refractivity contribution < 1.29 is 14.3 Å². The molecule has 2 aliphatic rings. The standard InChI is InChI=1S/C27H45N7O4/c1-4-5-15-38-26-30-24(28)23-25(31-26)34(27(36)29-23)13-6-12-33(21-11-14-32(2)18-21)17-20-9-7-19(8-10-20)16-22(35)37-3/h19-21H,4-18H2,1-3H3,(H,29,36)(H2,28,30,31)/t19?,20?,21-/m1/s1. The summed E-state index contributed by atoms with van der Waals surface area (Å²) in [5.74, 6) is 1.23. The van der Waals surface area contributed by atoms with E-state index >= 15 is 0 Å². The van der Waals surface area contributed by atoms with Crippen molar-refractivity contribution in [3.8, 4) is 6.01 Å². The normalized spacial score (nSPS) is 22.4. The number of rotatable bonds is 13. The number of H-pyrrole nitrogens is 1. The summed E-state index contributed by atoms with van der Waals surface area (Å²) in [6.07, 6.45) is 8.94. The van der Waals surface area contributed by atoms with Crippen molar-refractivity contribution in [3.63, 3.8) is 0 Å². The molecule has 11 heteroatoms. The number of imidazole rings is 1. The summed E-state index contributed by atoms with van der Waals surface area (Å²) in [5.41, 5.74) is 6.86. The maximum absolute atomic E-state index is 12.8. The Labute approximate surface area is 225 Å². The number of nitrogens with one attached hydrogen (secondary N) is 1. The number of esters is 1. The Balaban J connectivity index is 1.38. The van der Waals surface area contributed by atoms with Crippen molar-refractivity contribution in [2.24, 2.45) is 11.8 Å². The number of methoxy groups -OCH3 is 1. The zero-order chi connectivity index (χ0) is 27.1. The van der Waals surface area contributed by atoms with Crippen LogP contribution in [0.4, 0.5) is 5.82 Å². The van der Waals surface area contributed by atoms with Crippen molar-refractivity contribution in [1.29, 1.82) is 0 Å². The highest BCUT2D eigenvalue weighted by molar-refractivity contribution is 5.81. The molecule has 1 aliphatic carbocycles. The van der Waals surface area contributed by atoms with Crippen molar-refractivity contribution in [2.45, 2.75) is 77.3 Å². The minimum atomic E-state index is -0.220. The average molecular weight is 532 g/mol. The molecule has 0 unspecified atom stereocenters. The van der Waals surface area contributed by atoms with Crippen molar-refractivity contribution in [1.82, 2.24) is 29.3 Å². The third-order valence-electron chi connectivity index (χ3n) is 8.21. The number of anilines is 1. The number of aryl methyl sites for hydroxylation is 1. The number of aromatic nitrogens is 4. The van der Waals surface area contributed by atoms with Crippen LogP contribution in [0.25, 0.3) is 11.2 Å². The third kappa shape index (κ3) is 7.25. The molecule has 1 saturated heterocycles. The van der Waals surface area contributed by atoms with E-state index in [0.29, 0.717) is 48.6 Å². The van der Waals surface area contributed by atoms with Crippen LogP contribution in [0, 0.1) is 11.8 Å². The molecule has 0 amide bonds. The summed E-state index contributed by atoms with van der Waals surface area (Å²) < 4.78 is 12.2. The van der Waals surface area contributed by atoms with E-state index in [1.807, 2.05) is 0 Å². The number of nitrogens with two attached hydrogens (primary N) is 1. The molecule has 2 fully saturated rings. The van der Waals surface area contributed by atoms with Gasteiger partial charge in [0.15, 0.2) is 11.5 Å². The first-order valence-electron chi connectivity index (χ1n) is 14.3. The number of likely N-dealkylation sites (tertiary alicyclic amines) is 1. The van der Waals surface area contributed by atoms with Gasteiger partial charge in [-0.05, 0) is 70.4 Å². The van der Waals surface area contributed by atoms with Gasteiger partial charge in [-0.1, -0.05) is 13.3 Å². The first kappa shape index (κ1) is 28.4. The minimum absolute atomic E-state index is 0.0942. The van der Waals surface area contributed by atoms with Crippen LogP contribution in [0.15, 0.2) is 4.79 Å². The van der Waals surface area contributed by atoms with E-state index in [2.05, 4.69) is 38.7 Å².